The van der Waals surface area contributed by atoms with E-state index >= 15 is 0 Å². The highest BCUT2D eigenvalue weighted by Crippen LogP contribution is 2.02. The summed E-state index contributed by atoms with van der Waals surface area (Å²) in [5, 5.41) is 0. The van der Waals surface area contributed by atoms with Gasteiger partial charge in [0.25, 0.3) is 0 Å². The molecule has 1 aromatic rings. The second-order valence-electron chi connectivity index (χ2n) is 2.31. The molecule has 0 spiro atoms. The Morgan fingerprint density at radius 2 is 2.36 bits per heavy atom. The lowest BCUT2D eigenvalue weighted by atomic mass is 10.2. The van der Waals surface area contributed by atoms with Crippen LogP contribution in [-0.4, -0.2) is 16.6 Å². The van der Waals surface area contributed by atoms with Crippen LogP contribution in [0, 0.1) is 6.92 Å². The Kier molecular flexibility index (Phi) is 2.60. The lowest BCUT2D eigenvalue weighted by Crippen LogP contribution is -2.00. The number of hydrogen-bond donors (Lipinski definition) is 0. The van der Waals surface area contributed by atoms with Crippen LogP contribution in [0.25, 0.3) is 0 Å². The first kappa shape index (κ1) is 8.21. The molecule has 58 valence electrons. The van der Waals surface area contributed by atoms with E-state index in [1.54, 1.807) is 12.3 Å². The largest absolute Gasteiger partial charge is 0.293 e. The molecule has 3 heteroatoms. The van der Waals surface area contributed by atoms with Gasteiger partial charge in [0.15, 0.2) is 5.78 Å². The highest BCUT2D eigenvalue weighted by atomic mass is 35.5. The molecule has 1 heterocycles. The van der Waals surface area contributed by atoms with Crippen LogP contribution in [0.1, 0.15) is 15.9 Å². The number of halogens is 1. The van der Waals surface area contributed by atoms with Crippen LogP contribution in [-0.2, 0) is 0 Å². The van der Waals surface area contributed by atoms with Crippen molar-refractivity contribution in [2.75, 3.05) is 5.88 Å². The number of aryl methyl sites for hydroxylation is 1. The first-order valence-corrected chi connectivity index (χ1v) is 3.78. The summed E-state index contributed by atoms with van der Waals surface area (Å²) < 4.78 is 0. The minimum absolute atomic E-state index is 0.0190. The fourth-order valence-corrected chi connectivity index (χ4v) is 0.939. The zero-order chi connectivity index (χ0) is 8.27. The Balaban J connectivity index is 2.96. The molecule has 0 aliphatic carbocycles. The molecular weight excluding hydrogens is 162 g/mol. The number of alkyl halides is 1. The second kappa shape index (κ2) is 3.49. The summed E-state index contributed by atoms with van der Waals surface area (Å²) in [4.78, 5) is 14.9. The van der Waals surface area contributed by atoms with Crippen molar-refractivity contribution in [3.63, 3.8) is 0 Å². The van der Waals surface area contributed by atoms with E-state index in [-0.39, 0.29) is 11.7 Å². The van der Waals surface area contributed by atoms with Crippen molar-refractivity contribution in [3.05, 3.63) is 29.6 Å². The fraction of sp³-hybridized carbons (Fsp3) is 0.250. The molecule has 0 saturated carbocycles. The van der Waals surface area contributed by atoms with E-state index in [1.165, 1.54) is 6.20 Å². The first-order valence-electron chi connectivity index (χ1n) is 3.25. The average molecular weight is 170 g/mol. The molecule has 2 nitrogen and oxygen atoms in total. The number of rotatable bonds is 2. The predicted octanol–water partition coefficient (Wildman–Crippen LogP) is 1.81. The minimum atomic E-state index is -0.0807. The highest BCUT2D eigenvalue weighted by Gasteiger charge is 2.02. The Morgan fingerprint density at radius 3 is 2.91 bits per heavy atom. The number of carbonyl (C=O) groups is 1. The van der Waals surface area contributed by atoms with Crippen LogP contribution in [0.2, 0.25) is 0 Å². The molecule has 0 aliphatic rings. The summed E-state index contributed by atoms with van der Waals surface area (Å²) >= 11 is 5.36. The standard InChI is InChI=1S/C8H8ClNO/c1-6-2-7(5-10-4-6)8(11)3-9/h2,4-5H,3H2,1H3. The monoisotopic (exact) mass is 169 g/mol. The third kappa shape index (κ3) is 2.02. The quantitative estimate of drug-likeness (QED) is 0.499. The molecule has 0 saturated heterocycles. The van der Waals surface area contributed by atoms with Crippen LogP contribution < -0.4 is 0 Å². The number of pyridine rings is 1. The van der Waals surface area contributed by atoms with E-state index in [2.05, 4.69) is 4.98 Å². The summed E-state index contributed by atoms with van der Waals surface area (Å²) in [6, 6.07) is 1.78. The summed E-state index contributed by atoms with van der Waals surface area (Å²) in [6.07, 6.45) is 3.22. The maximum absolute atomic E-state index is 11.0. The number of hydrogen-bond acceptors (Lipinski definition) is 2. The van der Waals surface area contributed by atoms with Gasteiger partial charge in [-0.3, -0.25) is 9.78 Å². The van der Waals surface area contributed by atoms with Gasteiger partial charge in [-0.15, -0.1) is 11.6 Å². The van der Waals surface area contributed by atoms with Gasteiger partial charge in [-0.05, 0) is 18.6 Å². The Labute approximate surface area is 70.2 Å². The molecule has 0 amide bonds. The van der Waals surface area contributed by atoms with Gasteiger partial charge in [0.05, 0.1) is 5.88 Å². The van der Waals surface area contributed by atoms with Crippen LogP contribution >= 0.6 is 11.6 Å². The van der Waals surface area contributed by atoms with Crippen molar-refractivity contribution >= 4 is 17.4 Å². The summed E-state index contributed by atoms with van der Waals surface area (Å²) in [6.45, 7) is 1.89. The fourth-order valence-electron chi connectivity index (χ4n) is 0.785. The topological polar surface area (TPSA) is 30.0 Å². The zero-order valence-corrected chi connectivity index (χ0v) is 6.93. The van der Waals surface area contributed by atoms with Gasteiger partial charge in [-0.1, -0.05) is 0 Å². The Bertz CT molecular complexity index is 273. The summed E-state index contributed by atoms with van der Waals surface area (Å²) in [7, 11) is 0. The number of ketones is 1. The zero-order valence-electron chi connectivity index (χ0n) is 6.17. The molecule has 0 aromatic carbocycles. The van der Waals surface area contributed by atoms with Crippen LogP contribution in [0.3, 0.4) is 0 Å². The number of Topliss-reactive ketones (excluding diaryl/α,β-unsaturated/α-hetero) is 1. The van der Waals surface area contributed by atoms with Gasteiger partial charge < -0.3 is 0 Å². The van der Waals surface area contributed by atoms with Gasteiger partial charge in [0.2, 0.25) is 0 Å². The van der Waals surface area contributed by atoms with Crippen molar-refractivity contribution < 1.29 is 4.79 Å². The van der Waals surface area contributed by atoms with E-state index in [0.717, 1.165) is 5.56 Å². The third-order valence-corrected chi connectivity index (χ3v) is 1.56. The summed E-state index contributed by atoms with van der Waals surface area (Å²) in [5.74, 6) is -0.0617. The molecule has 0 unspecified atom stereocenters. The number of aromatic nitrogens is 1. The van der Waals surface area contributed by atoms with Crippen molar-refractivity contribution in [3.8, 4) is 0 Å². The van der Waals surface area contributed by atoms with Gasteiger partial charge in [-0.2, -0.15) is 0 Å². The van der Waals surface area contributed by atoms with Crippen molar-refractivity contribution in [2.24, 2.45) is 0 Å². The van der Waals surface area contributed by atoms with Crippen molar-refractivity contribution in [1.29, 1.82) is 0 Å². The van der Waals surface area contributed by atoms with E-state index in [1.807, 2.05) is 6.92 Å². The maximum atomic E-state index is 11.0. The predicted molar refractivity (Wildman–Crippen MR) is 44.0 cm³/mol. The lowest BCUT2D eigenvalue weighted by molar-refractivity contribution is 0.102. The molecule has 0 fully saturated rings. The molecule has 0 radical (unpaired) electrons. The molecule has 0 N–H and O–H groups in total. The number of carbonyl (C=O) groups excluding carboxylic acids is 1. The normalized spacial score (nSPS) is 9.64. The number of nitrogens with zero attached hydrogens (tertiary/aromatic N) is 1. The smallest absolute Gasteiger partial charge is 0.179 e. The Hall–Kier alpha value is -0.890. The molecular formula is C8H8ClNO. The molecule has 0 atom stereocenters. The molecule has 0 aliphatic heterocycles. The van der Waals surface area contributed by atoms with Gasteiger partial charge in [0.1, 0.15) is 0 Å². The van der Waals surface area contributed by atoms with E-state index in [9.17, 15) is 4.79 Å². The van der Waals surface area contributed by atoms with Gasteiger partial charge in [-0.25, -0.2) is 0 Å². The van der Waals surface area contributed by atoms with Crippen LogP contribution in [0.15, 0.2) is 18.5 Å². The first-order chi connectivity index (χ1) is 5.24. The van der Waals surface area contributed by atoms with Crippen LogP contribution in [0.5, 0.6) is 0 Å². The van der Waals surface area contributed by atoms with Gasteiger partial charge >= 0.3 is 0 Å². The van der Waals surface area contributed by atoms with E-state index < -0.39 is 0 Å². The Morgan fingerprint density at radius 1 is 1.64 bits per heavy atom. The molecule has 1 aromatic heterocycles. The van der Waals surface area contributed by atoms with E-state index in [4.69, 9.17) is 11.6 Å². The second-order valence-corrected chi connectivity index (χ2v) is 2.58. The van der Waals surface area contributed by atoms with Gasteiger partial charge in [0, 0.05) is 18.0 Å². The minimum Gasteiger partial charge on any atom is -0.293 e. The molecule has 11 heavy (non-hydrogen) atoms. The molecule has 0 bridgehead atoms. The SMILES string of the molecule is Cc1cncc(C(=O)CCl)c1. The lowest BCUT2D eigenvalue weighted by Gasteiger charge is -1.96. The average Bonchev–Trinajstić information content (AvgIpc) is 2.03. The maximum Gasteiger partial charge on any atom is 0.179 e. The van der Waals surface area contributed by atoms with E-state index in [0.29, 0.717) is 5.56 Å². The molecule has 1 rings (SSSR count). The summed E-state index contributed by atoms with van der Waals surface area (Å²) in [5.41, 5.74) is 1.56. The van der Waals surface area contributed by atoms with Crippen LogP contribution in [0.4, 0.5) is 0 Å². The van der Waals surface area contributed by atoms with Crippen molar-refractivity contribution in [2.45, 2.75) is 6.92 Å². The third-order valence-electron chi connectivity index (χ3n) is 1.32. The van der Waals surface area contributed by atoms with Crippen molar-refractivity contribution in [1.82, 2.24) is 4.98 Å². The highest BCUT2D eigenvalue weighted by molar-refractivity contribution is 6.30.